The van der Waals surface area contributed by atoms with Crippen molar-refractivity contribution < 1.29 is 0 Å². The highest BCUT2D eigenvalue weighted by molar-refractivity contribution is 8.00. The summed E-state index contributed by atoms with van der Waals surface area (Å²) in [4.78, 5) is 0. The summed E-state index contributed by atoms with van der Waals surface area (Å²) < 4.78 is 0.514. The van der Waals surface area contributed by atoms with E-state index in [1.807, 2.05) is 0 Å². The number of hydrogen-bond donors (Lipinski definition) is 1. The summed E-state index contributed by atoms with van der Waals surface area (Å²) in [5.74, 6) is 1.37. The van der Waals surface area contributed by atoms with Crippen LogP contribution in [0.4, 0.5) is 0 Å². The summed E-state index contributed by atoms with van der Waals surface area (Å²) in [5.41, 5.74) is 0. The summed E-state index contributed by atoms with van der Waals surface area (Å²) >= 11 is 2.21. The molecule has 2 heteroatoms. The van der Waals surface area contributed by atoms with E-state index >= 15 is 0 Å². The molecule has 1 fully saturated rings. The van der Waals surface area contributed by atoms with E-state index in [4.69, 9.17) is 0 Å². The highest BCUT2D eigenvalue weighted by Gasteiger charge is 2.36. The highest BCUT2D eigenvalue weighted by atomic mass is 32.2. The molecule has 18 heavy (non-hydrogen) atoms. The van der Waals surface area contributed by atoms with Gasteiger partial charge in [-0.25, -0.2) is 0 Å². The van der Waals surface area contributed by atoms with Crippen LogP contribution < -0.4 is 5.32 Å². The second-order valence-corrected chi connectivity index (χ2v) is 7.60. The maximum Gasteiger partial charge on any atom is 0.0285 e. The molecule has 0 aromatic rings. The van der Waals surface area contributed by atoms with Crippen LogP contribution >= 0.6 is 11.8 Å². The Labute approximate surface area is 119 Å². The molecule has 1 nitrogen and oxygen atoms in total. The minimum Gasteiger partial charge on any atom is -0.313 e. The van der Waals surface area contributed by atoms with Crippen LogP contribution in [0.25, 0.3) is 0 Å². The summed E-state index contributed by atoms with van der Waals surface area (Å²) in [6.45, 7) is 8.25. The third-order valence-electron chi connectivity index (χ3n) is 4.22. The largest absolute Gasteiger partial charge is 0.313 e. The second-order valence-electron chi connectivity index (χ2n) is 5.97. The van der Waals surface area contributed by atoms with E-state index in [1.54, 1.807) is 0 Å². The monoisotopic (exact) mass is 271 g/mol. The summed E-state index contributed by atoms with van der Waals surface area (Å²) in [6.07, 6.45) is 12.5. The molecule has 1 saturated heterocycles. The summed E-state index contributed by atoms with van der Waals surface area (Å²) in [5, 5.41) is 3.82. The van der Waals surface area contributed by atoms with E-state index in [2.05, 4.69) is 37.8 Å². The van der Waals surface area contributed by atoms with Crippen molar-refractivity contribution in [2.75, 3.05) is 12.3 Å². The van der Waals surface area contributed by atoms with Gasteiger partial charge >= 0.3 is 0 Å². The van der Waals surface area contributed by atoms with Gasteiger partial charge in [0.05, 0.1) is 0 Å². The van der Waals surface area contributed by atoms with Crippen LogP contribution in [0.3, 0.4) is 0 Å². The zero-order chi connectivity index (χ0) is 13.3. The fraction of sp³-hybridized carbons (Fsp3) is 1.00. The molecule has 0 aliphatic carbocycles. The minimum atomic E-state index is 0.514. The molecule has 1 aliphatic heterocycles. The molecule has 0 saturated carbocycles. The lowest BCUT2D eigenvalue weighted by atomic mass is 9.91. The van der Waals surface area contributed by atoms with E-state index in [-0.39, 0.29) is 0 Å². The molecule has 2 atom stereocenters. The number of hydrogen-bond acceptors (Lipinski definition) is 2. The lowest BCUT2D eigenvalue weighted by Crippen LogP contribution is -2.45. The van der Waals surface area contributed by atoms with Crippen molar-refractivity contribution in [1.82, 2.24) is 5.32 Å². The Hall–Kier alpha value is 0.310. The Morgan fingerprint density at radius 1 is 1.11 bits per heavy atom. The van der Waals surface area contributed by atoms with E-state index in [0.29, 0.717) is 4.75 Å². The number of nitrogens with one attached hydrogen (secondary N) is 1. The normalized spacial score (nSPS) is 25.5. The van der Waals surface area contributed by atoms with Crippen molar-refractivity contribution in [1.29, 1.82) is 0 Å². The summed E-state index contributed by atoms with van der Waals surface area (Å²) in [6, 6.07) is 0.742. The van der Waals surface area contributed by atoms with E-state index < -0.39 is 0 Å². The fourth-order valence-corrected chi connectivity index (χ4v) is 4.42. The van der Waals surface area contributed by atoms with Gasteiger partial charge in [0.25, 0.3) is 0 Å². The second kappa shape index (κ2) is 9.25. The van der Waals surface area contributed by atoms with Gasteiger partial charge in [-0.3, -0.25) is 0 Å². The van der Waals surface area contributed by atoms with Crippen LogP contribution in [-0.4, -0.2) is 23.1 Å². The fourth-order valence-electron chi connectivity index (χ4n) is 2.97. The molecule has 1 N–H and O–H groups in total. The number of thioether (sulfide) groups is 1. The molecule has 0 bridgehead atoms. The predicted octanol–water partition coefficient (Wildman–Crippen LogP) is 5.00. The van der Waals surface area contributed by atoms with Gasteiger partial charge in [0.15, 0.2) is 0 Å². The van der Waals surface area contributed by atoms with Gasteiger partial charge in [-0.15, -0.1) is 0 Å². The van der Waals surface area contributed by atoms with Crippen molar-refractivity contribution in [3.05, 3.63) is 0 Å². The van der Waals surface area contributed by atoms with Gasteiger partial charge in [-0.05, 0) is 44.9 Å². The lowest BCUT2D eigenvalue weighted by molar-refractivity contribution is 0.368. The average molecular weight is 272 g/mol. The Bertz CT molecular complexity index is 199. The Morgan fingerprint density at radius 2 is 1.89 bits per heavy atom. The molecular weight excluding hydrogens is 238 g/mol. The zero-order valence-corrected chi connectivity index (χ0v) is 13.6. The lowest BCUT2D eigenvalue weighted by Gasteiger charge is -2.34. The van der Waals surface area contributed by atoms with Gasteiger partial charge in [-0.1, -0.05) is 46.0 Å². The third kappa shape index (κ3) is 5.52. The van der Waals surface area contributed by atoms with Gasteiger partial charge in [0.1, 0.15) is 0 Å². The van der Waals surface area contributed by atoms with Crippen molar-refractivity contribution in [3.8, 4) is 0 Å². The van der Waals surface area contributed by atoms with Crippen molar-refractivity contribution in [2.45, 2.75) is 89.3 Å². The molecule has 0 radical (unpaired) electrons. The Kier molecular flexibility index (Phi) is 8.41. The van der Waals surface area contributed by atoms with Crippen LogP contribution in [0, 0.1) is 0 Å². The van der Waals surface area contributed by atoms with E-state index in [9.17, 15) is 0 Å². The SMILES string of the molecule is CCCCCCCC(NCCC)C1(C)CCCS1. The van der Waals surface area contributed by atoms with Crippen LogP contribution in [0.2, 0.25) is 0 Å². The quantitative estimate of drug-likeness (QED) is 0.561. The first kappa shape index (κ1) is 16.4. The highest BCUT2D eigenvalue weighted by Crippen LogP contribution is 2.41. The maximum absolute atomic E-state index is 3.82. The molecule has 1 heterocycles. The Morgan fingerprint density at radius 3 is 2.50 bits per heavy atom. The van der Waals surface area contributed by atoms with Crippen LogP contribution in [0.15, 0.2) is 0 Å². The van der Waals surface area contributed by atoms with Gasteiger partial charge < -0.3 is 5.32 Å². The van der Waals surface area contributed by atoms with Crippen molar-refractivity contribution in [2.24, 2.45) is 0 Å². The topological polar surface area (TPSA) is 12.0 Å². The van der Waals surface area contributed by atoms with Gasteiger partial charge in [0, 0.05) is 10.8 Å². The predicted molar refractivity (Wildman–Crippen MR) is 85.6 cm³/mol. The van der Waals surface area contributed by atoms with E-state index in [0.717, 1.165) is 6.04 Å². The Balaban J connectivity index is 2.30. The molecular formula is C16H33NS. The first-order valence-corrected chi connectivity index (χ1v) is 9.09. The number of rotatable bonds is 10. The van der Waals surface area contributed by atoms with Crippen LogP contribution in [0.5, 0.6) is 0 Å². The first-order valence-electron chi connectivity index (χ1n) is 8.10. The molecule has 1 aliphatic rings. The van der Waals surface area contributed by atoms with Crippen molar-refractivity contribution in [3.63, 3.8) is 0 Å². The molecule has 2 unspecified atom stereocenters. The average Bonchev–Trinajstić information content (AvgIpc) is 2.80. The molecule has 1 rings (SSSR count). The maximum atomic E-state index is 3.82. The summed E-state index contributed by atoms with van der Waals surface area (Å²) in [7, 11) is 0. The minimum absolute atomic E-state index is 0.514. The van der Waals surface area contributed by atoms with Gasteiger partial charge in [-0.2, -0.15) is 11.8 Å². The molecule has 0 amide bonds. The van der Waals surface area contributed by atoms with Crippen LogP contribution in [0.1, 0.15) is 78.6 Å². The molecule has 0 aromatic carbocycles. The number of unbranched alkanes of at least 4 members (excludes halogenated alkanes) is 4. The van der Waals surface area contributed by atoms with Crippen molar-refractivity contribution >= 4 is 11.8 Å². The molecule has 0 spiro atoms. The third-order valence-corrected chi connectivity index (χ3v) is 5.86. The zero-order valence-electron chi connectivity index (χ0n) is 12.8. The van der Waals surface area contributed by atoms with E-state index in [1.165, 1.54) is 70.1 Å². The standard InChI is InChI=1S/C16H33NS/c1-4-6-7-8-9-11-15(17-13-5-2)16(3)12-10-14-18-16/h15,17H,4-14H2,1-3H3. The smallest absolute Gasteiger partial charge is 0.0285 e. The molecule has 0 aromatic heterocycles. The van der Waals surface area contributed by atoms with Crippen LogP contribution in [-0.2, 0) is 0 Å². The van der Waals surface area contributed by atoms with Gasteiger partial charge in [0.2, 0.25) is 0 Å². The first-order chi connectivity index (χ1) is 8.73. The molecule has 108 valence electrons.